The SMILES string of the molecule is Cc1cc(Cl)c(S(=O)(=O)Cl)c(C#N)c1. The predicted octanol–water partition coefficient (Wildman–Crippen LogP) is 2.45. The van der Waals surface area contributed by atoms with Crippen molar-refractivity contribution >= 4 is 31.3 Å². The highest BCUT2D eigenvalue weighted by atomic mass is 35.7. The van der Waals surface area contributed by atoms with Gasteiger partial charge in [0.2, 0.25) is 0 Å². The number of halogens is 2. The van der Waals surface area contributed by atoms with Gasteiger partial charge in [0, 0.05) is 10.7 Å². The van der Waals surface area contributed by atoms with E-state index in [0.717, 1.165) is 0 Å². The minimum atomic E-state index is -3.98. The summed E-state index contributed by atoms with van der Waals surface area (Å²) in [4.78, 5) is -0.325. The number of aryl methyl sites for hydroxylation is 1. The lowest BCUT2D eigenvalue weighted by Crippen LogP contribution is -1.97. The lowest BCUT2D eigenvalue weighted by molar-refractivity contribution is 0.609. The summed E-state index contributed by atoms with van der Waals surface area (Å²) in [6.07, 6.45) is 0. The third-order valence-electron chi connectivity index (χ3n) is 1.55. The molecule has 0 heterocycles. The van der Waals surface area contributed by atoms with Crippen molar-refractivity contribution in [3.8, 4) is 6.07 Å². The van der Waals surface area contributed by atoms with Crippen molar-refractivity contribution in [2.75, 3.05) is 0 Å². The van der Waals surface area contributed by atoms with Crippen LogP contribution in [-0.4, -0.2) is 8.42 Å². The average molecular weight is 250 g/mol. The molecule has 1 rings (SSSR count). The molecule has 0 aliphatic rings. The monoisotopic (exact) mass is 249 g/mol. The van der Waals surface area contributed by atoms with Crippen molar-refractivity contribution in [3.63, 3.8) is 0 Å². The van der Waals surface area contributed by atoms with E-state index in [-0.39, 0.29) is 15.5 Å². The summed E-state index contributed by atoms with van der Waals surface area (Å²) in [5.41, 5.74) is 0.667. The van der Waals surface area contributed by atoms with E-state index >= 15 is 0 Å². The first-order valence-corrected chi connectivity index (χ1v) is 6.20. The number of benzene rings is 1. The van der Waals surface area contributed by atoms with E-state index in [1.807, 2.05) is 0 Å². The van der Waals surface area contributed by atoms with Crippen LogP contribution >= 0.6 is 22.3 Å². The zero-order valence-electron chi connectivity index (χ0n) is 7.08. The van der Waals surface area contributed by atoms with Gasteiger partial charge in [-0.1, -0.05) is 11.6 Å². The van der Waals surface area contributed by atoms with Crippen molar-refractivity contribution in [2.24, 2.45) is 0 Å². The second kappa shape index (κ2) is 3.77. The topological polar surface area (TPSA) is 57.9 Å². The summed E-state index contributed by atoms with van der Waals surface area (Å²) in [7, 11) is 1.16. The minimum Gasteiger partial charge on any atom is -0.207 e. The molecule has 3 nitrogen and oxygen atoms in total. The summed E-state index contributed by atoms with van der Waals surface area (Å²) in [5, 5.41) is 8.67. The van der Waals surface area contributed by atoms with E-state index in [0.29, 0.717) is 5.56 Å². The van der Waals surface area contributed by atoms with Crippen molar-refractivity contribution in [1.29, 1.82) is 5.26 Å². The molecular weight excluding hydrogens is 245 g/mol. The Morgan fingerprint density at radius 2 is 2.00 bits per heavy atom. The first-order valence-electron chi connectivity index (χ1n) is 3.51. The molecule has 6 heteroatoms. The number of nitriles is 1. The molecule has 1 aromatic rings. The van der Waals surface area contributed by atoms with Crippen molar-refractivity contribution in [3.05, 3.63) is 28.3 Å². The van der Waals surface area contributed by atoms with Crippen LogP contribution in [0.4, 0.5) is 0 Å². The van der Waals surface area contributed by atoms with Gasteiger partial charge in [-0.25, -0.2) is 8.42 Å². The normalized spacial score (nSPS) is 11.0. The van der Waals surface area contributed by atoms with Crippen LogP contribution in [0.25, 0.3) is 0 Å². The number of nitrogens with zero attached hydrogens (tertiary/aromatic N) is 1. The molecule has 0 aromatic heterocycles. The third kappa shape index (κ3) is 2.18. The van der Waals surface area contributed by atoms with E-state index in [1.54, 1.807) is 13.0 Å². The largest absolute Gasteiger partial charge is 0.264 e. The quantitative estimate of drug-likeness (QED) is 0.719. The number of rotatable bonds is 1. The van der Waals surface area contributed by atoms with E-state index in [2.05, 4.69) is 0 Å². The van der Waals surface area contributed by atoms with Crippen LogP contribution in [0.5, 0.6) is 0 Å². The molecular formula is C8H5Cl2NO2S. The van der Waals surface area contributed by atoms with Gasteiger partial charge in [-0.3, -0.25) is 0 Å². The van der Waals surface area contributed by atoms with Crippen LogP contribution in [-0.2, 0) is 9.05 Å². The average Bonchev–Trinajstić information content (AvgIpc) is 1.99. The lowest BCUT2D eigenvalue weighted by Gasteiger charge is -2.03. The summed E-state index contributed by atoms with van der Waals surface area (Å²) >= 11 is 5.68. The van der Waals surface area contributed by atoms with Crippen molar-refractivity contribution in [1.82, 2.24) is 0 Å². The van der Waals surface area contributed by atoms with Gasteiger partial charge in [-0.15, -0.1) is 0 Å². The molecule has 0 aliphatic heterocycles. The highest BCUT2D eigenvalue weighted by molar-refractivity contribution is 8.13. The maximum Gasteiger partial charge on any atom is 0.264 e. The van der Waals surface area contributed by atoms with Crippen molar-refractivity contribution in [2.45, 2.75) is 11.8 Å². The third-order valence-corrected chi connectivity index (χ3v) is 3.35. The van der Waals surface area contributed by atoms with E-state index in [1.165, 1.54) is 12.1 Å². The van der Waals surface area contributed by atoms with E-state index in [4.69, 9.17) is 27.5 Å². The van der Waals surface area contributed by atoms with Gasteiger partial charge in [0.1, 0.15) is 11.0 Å². The van der Waals surface area contributed by atoms with Gasteiger partial charge in [0.25, 0.3) is 9.05 Å². The Morgan fingerprint density at radius 3 is 2.43 bits per heavy atom. The van der Waals surface area contributed by atoms with Gasteiger partial charge < -0.3 is 0 Å². The summed E-state index contributed by atoms with van der Waals surface area (Å²) < 4.78 is 22.1. The Bertz CT molecular complexity index is 517. The first-order chi connectivity index (χ1) is 6.36. The molecule has 0 amide bonds. The minimum absolute atomic E-state index is 0.0310. The van der Waals surface area contributed by atoms with E-state index < -0.39 is 9.05 Å². The number of hydrogen-bond donors (Lipinski definition) is 0. The molecule has 14 heavy (non-hydrogen) atoms. The molecule has 0 spiro atoms. The molecule has 0 saturated carbocycles. The smallest absolute Gasteiger partial charge is 0.207 e. The zero-order valence-corrected chi connectivity index (χ0v) is 9.41. The van der Waals surface area contributed by atoms with Gasteiger partial charge in [0.15, 0.2) is 0 Å². The van der Waals surface area contributed by atoms with Gasteiger partial charge >= 0.3 is 0 Å². The molecule has 0 atom stereocenters. The lowest BCUT2D eigenvalue weighted by atomic mass is 10.1. The van der Waals surface area contributed by atoms with Gasteiger partial charge in [-0.2, -0.15) is 5.26 Å². The van der Waals surface area contributed by atoms with Crippen LogP contribution in [0.1, 0.15) is 11.1 Å². The zero-order chi connectivity index (χ0) is 10.9. The Kier molecular flexibility index (Phi) is 3.05. The standard InChI is InChI=1S/C8H5Cl2NO2S/c1-5-2-6(4-11)8(7(9)3-5)14(10,12)13/h2-3H,1H3. The molecule has 0 bridgehead atoms. The predicted molar refractivity (Wildman–Crippen MR) is 53.9 cm³/mol. The Hall–Kier alpha value is -0.760. The molecule has 0 saturated heterocycles. The molecule has 1 aromatic carbocycles. The Morgan fingerprint density at radius 1 is 1.43 bits per heavy atom. The van der Waals surface area contributed by atoms with Crippen LogP contribution < -0.4 is 0 Å². The molecule has 74 valence electrons. The fourth-order valence-electron chi connectivity index (χ4n) is 1.06. The Labute approximate surface area is 91.3 Å². The summed E-state index contributed by atoms with van der Waals surface area (Å²) in [6, 6.07) is 4.60. The maximum atomic E-state index is 11.1. The Balaban J connectivity index is 3.68. The van der Waals surface area contributed by atoms with Gasteiger partial charge in [0.05, 0.1) is 10.6 Å². The summed E-state index contributed by atoms with van der Waals surface area (Å²) in [5.74, 6) is 0. The van der Waals surface area contributed by atoms with Crippen LogP contribution in [0.15, 0.2) is 17.0 Å². The fraction of sp³-hybridized carbons (Fsp3) is 0.125. The van der Waals surface area contributed by atoms with Gasteiger partial charge in [-0.05, 0) is 24.6 Å². The van der Waals surface area contributed by atoms with E-state index in [9.17, 15) is 8.42 Å². The fourth-order valence-corrected chi connectivity index (χ4v) is 2.91. The molecule has 0 unspecified atom stereocenters. The first kappa shape index (κ1) is 11.3. The second-order valence-electron chi connectivity index (χ2n) is 2.67. The van der Waals surface area contributed by atoms with Crippen LogP contribution in [0.3, 0.4) is 0 Å². The second-order valence-corrected chi connectivity index (χ2v) is 5.58. The van der Waals surface area contributed by atoms with Crippen LogP contribution in [0, 0.1) is 18.3 Å². The van der Waals surface area contributed by atoms with Crippen molar-refractivity contribution < 1.29 is 8.42 Å². The highest BCUT2D eigenvalue weighted by Gasteiger charge is 2.20. The molecule has 0 radical (unpaired) electrons. The highest BCUT2D eigenvalue weighted by Crippen LogP contribution is 2.29. The number of hydrogen-bond acceptors (Lipinski definition) is 3. The molecule has 0 fully saturated rings. The molecule has 0 N–H and O–H groups in total. The maximum absolute atomic E-state index is 11.1. The van der Waals surface area contributed by atoms with Crippen LogP contribution in [0.2, 0.25) is 5.02 Å². The summed E-state index contributed by atoms with van der Waals surface area (Å²) in [6.45, 7) is 1.71. The molecule has 0 aliphatic carbocycles.